The lowest BCUT2D eigenvalue weighted by Gasteiger charge is -2.10. The molecule has 108 valence electrons. The molecule has 0 aliphatic rings. The highest BCUT2D eigenvalue weighted by Gasteiger charge is 2.16. The molecule has 0 spiro atoms. The number of amides is 1. The molecule has 0 heterocycles. The zero-order chi connectivity index (χ0) is 15.6. The second-order valence-electron chi connectivity index (χ2n) is 4.19. The molecule has 0 atom stereocenters. The van der Waals surface area contributed by atoms with Crippen molar-refractivity contribution in [2.45, 2.75) is 0 Å². The Morgan fingerprint density at radius 1 is 1.14 bits per heavy atom. The van der Waals surface area contributed by atoms with Gasteiger partial charge >= 0.3 is 5.97 Å². The topological polar surface area (TPSA) is 92.4 Å². The Balaban J connectivity index is 2.35. The third kappa shape index (κ3) is 3.38. The monoisotopic (exact) mass is 352 g/mol. The Hall–Kier alpha value is -2.41. The van der Waals surface area contributed by atoms with Crippen LogP contribution in [0.25, 0.3) is 0 Å². The number of rotatable bonds is 3. The summed E-state index contributed by atoms with van der Waals surface area (Å²) < 4.78 is 14.3. The molecule has 0 unspecified atom stereocenters. The van der Waals surface area contributed by atoms with E-state index in [1.165, 1.54) is 30.3 Å². The maximum atomic E-state index is 13.7. The molecule has 2 aromatic rings. The Labute approximate surface area is 127 Å². The first-order chi connectivity index (χ1) is 9.88. The highest BCUT2D eigenvalue weighted by Crippen LogP contribution is 2.23. The van der Waals surface area contributed by atoms with E-state index in [0.29, 0.717) is 4.47 Å². The van der Waals surface area contributed by atoms with Gasteiger partial charge in [-0.2, -0.15) is 0 Å². The minimum Gasteiger partial charge on any atom is -0.478 e. The third-order valence-electron chi connectivity index (χ3n) is 2.70. The van der Waals surface area contributed by atoms with Gasteiger partial charge in [0, 0.05) is 10.2 Å². The molecule has 0 saturated heterocycles. The molecule has 0 saturated carbocycles. The number of hydrogen-bond donors (Lipinski definition) is 3. The van der Waals surface area contributed by atoms with Crippen LogP contribution in [0, 0.1) is 5.82 Å². The van der Waals surface area contributed by atoms with Gasteiger partial charge in [-0.1, -0.05) is 15.9 Å². The highest BCUT2D eigenvalue weighted by molar-refractivity contribution is 9.10. The van der Waals surface area contributed by atoms with Crippen LogP contribution in [-0.4, -0.2) is 17.0 Å². The van der Waals surface area contributed by atoms with E-state index in [4.69, 9.17) is 10.8 Å². The van der Waals surface area contributed by atoms with Crippen LogP contribution < -0.4 is 11.1 Å². The Morgan fingerprint density at radius 3 is 2.43 bits per heavy atom. The summed E-state index contributed by atoms with van der Waals surface area (Å²) in [5, 5.41) is 11.5. The van der Waals surface area contributed by atoms with Crippen molar-refractivity contribution in [2.24, 2.45) is 0 Å². The van der Waals surface area contributed by atoms with E-state index < -0.39 is 17.7 Å². The van der Waals surface area contributed by atoms with Gasteiger partial charge in [0.05, 0.1) is 16.8 Å². The zero-order valence-corrected chi connectivity index (χ0v) is 12.1. The number of carboxylic acid groups (broad SMARTS) is 1. The van der Waals surface area contributed by atoms with Crippen molar-refractivity contribution >= 4 is 39.2 Å². The van der Waals surface area contributed by atoms with E-state index in [0.717, 1.165) is 6.07 Å². The summed E-state index contributed by atoms with van der Waals surface area (Å²) in [5.74, 6) is -2.73. The van der Waals surface area contributed by atoms with Crippen molar-refractivity contribution in [3.8, 4) is 0 Å². The largest absolute Gasteiger partial charge is 0.478 e. The number of halogens is 2. The number of carbonyl (C=O) groups is 2. The van der Waals surface area contributed by atoms with Crippen LogP contribution in [0.1, 0.15) is 20.7 Å². The molecular weight excluding hydrogens is 343 g/mol. The molecule has 2 aromatic carbocycles. The molecule has 0 aliphatic carbocycles. The number of aromatic carboxylic acids is 1. The van der Waals surface area contributed by atoms with Gasteiger partial charge in [0.1, 0.15) is 5.82 Å². The van der Waals surface area contributed by atoms with Crippen molar-refractivity contribution in [1.82, 2.24) is 0 Å². The first-order valence-corrected chi connectivity index (χ1v) is 6.57. The average molecular weight is 353 g/mol. The van der Waals surface area contributed by atoms with E-state index in [9.17, 15) is 14.0 Å². The molecule has 5 nitrogen and oxygen atoms in total. The third-order valence-corrected chi connectivity index (χ3v) is 3.19. The quantitative estimate of drug-likeness (QED) is 0.740. The summed E-state index contributed by atoms with van der Waals surface area (Å²) in [6.07, 6.45) is 0. The van der Waals surface area contributed by atoms with Gasteiger partial charge in [-0.3, -0.25) is 4.79 Å². The van der Waals surface area contributed by atoms with Gasteiger partial charge in [-0.25, -0.2) is 9.18 Å². The maximum absolute atomic E-state index is 13.7. The number of nitrogen functional groups attached to an aromatic ring is 1. The van der Waals surface area contributed by atoms with Crippen LogP contribution in [-0.2, 0) is 0 Å². The first-order valence-electron chi connectivity index (χ1n) is 5.77. The number of nitrogens with one attached hydrogen (secondary N) is 1. The van der Waals surface area contributed by atoms with Crippen molar-refractivity contribution < 1.29 is 19.1 Å². The van der Waals surface area contributed by atoms with E-state index >= 15 is 0 Å². The van der Waals surface area contributed by atoms with Crippen molar-refractivity contribution in [1.29, 1.82) is 0 Å². The number of anilines is 2. The summed E-state index contributed by atoms with van der Waals surface area (Å²) in [4.78, 5) is 23.1. The lowest BCUT2D eigenvalue weighted by Crippen LogP contribution is -2.16. The minimum absolute atomic E-state index is 0.0677. The van der Waals surface area contributed by atoms with Gasteiger partial charge < -0.3 is 16.2 Å². The number of nitrogens with two attached hydrogens (primary N) is 1. The van der Waals surface area contributed by atoms with Gasteiger partial charge in [0.25, 0.3) is 5.91 Å². The molecule has 4 N–H and O–H groups in total. The fourth-order valence-electron chi connectivity index (χ4n) is 1.71. The van der Waals surface area contributed by atoms with E-state index in [1.54, 1.807) is 0 Å². The number of benzene rings is 2. The van der Waals surface area contributed by atoms with Crippen molar-refractivity contribution in [3.05, 3.63) is 57.8 Å². The highest BCUT2D eigenvalue weighted by atomic mass is 79.9. The van der Waals surface area contributed by atoms with Gasteiger partial charge in [0.15, 0.2) is 0 Å². The number of carbonyl (C=O) groups excluding carboxylic acids is 1. The number of hydrogen-bond acceptors (Lipinski definition) is 3. The maximum Gasteiger partial charge on any atom is 0.337 e. The van der Waals surface area contributed by atoms with Gasteiger partial charge in [-0.05, 0) is 36.4 Å². The average Bonchev–Trinajstić information content (AvgIpc) is 2.37. The predicted octanol–water partition coefficient (Wildman–Crippen LogP) is 3.12. The molecule has 0 bridgehead atoms. The molecule has 7 heteroatoms. The Morgan fingerprint density at radius 2 is 1.81 bits per heavy atom. The second kappa shape index (κ2) is 5.92. The predicted molar refractivity (Wildman–Crippen MR) is 79.9 cm³/mol. The van der Waals surface area contributed by atoms with Crippen molar-refractivity contribution in [3.63, 3.8) is 0 Å². The van der Waals surface area contributed by atoms with Crippen LogP contribution in [0.15, 0.2) is 40.9 Å². The molecule has 0 aliphatic heterocycles. The summed E-state index contributed by atoms with van der Waals surface area (Å²) in [6, 6.07) is 7.93. The Bertz CT molecular complexity index is 734. The van der Waals surface area contributed by atoms with Crippen LogP contribution in [0.5, 0.6) is 0 Å². The lowest BCUT2D eigenvalue weighted by molar-refractivity contribution is 0.0698. The fraction of sp³-hybridized carbons (Fsp3) is 0. The summed E-state index contributed by atoms with van der Waals surface area (Å²) in [6.45, 7) is 0. The number of carboxylic acids is 1. The summed E-state index contributed by atoms with van der Waals surface area (Å²) >= 11 is 3.18. The summed E-state index contributed by atoms with van der Waals surface area (Å²) in [5.41, 5.74) is 5.35. The van der Waals surface area contributed by atoms with Crippen LogP contribution >= 0.6 is 15.9 Å². The lowest BCUT2D eigenvalue weighted by atomic mass is 10.1. The van der Waals surface area contributed by atoms with Gasteiger partial charge in [0.2, 0.25) is 0 Å². The molecule has 2 rings (SSSR count). The van der Waals surface area contributed by atoms with Crippen LogP contribution in [0.4, 0.5) is 15.8 Å². The molecule has 21 heavy (non-hydrogen) atoms. The molecular formula is C14H10BrFN2O3. The normalized spacial score (nSPS) is 10.2. The SMILES string of the molecule is Nc1ccc(C(=O)Nc2cc(Br)ccc2C(=O)O)c(F)c1. The van der Waals surface area contributed by atoms with E-state index in [-0.39, 0.29) is 22.5 Å². The molecule has 1 amide bonds. The van der Waals surface area contributed by atoms with Crippen LogP contribution in [0.3, 0.4) is 0 Å². The second-order valence-corrected chi connectivity index (χ2v) is 5.10. The Kier molecular flexibility index (Phi) is 4.23. The van der Waals surface area contributed by atoms with E-state index in [2.05, 4.69) is 21.2 Å². The standard InChI is InChI=1S/C14H10BrFN2O3/c15-7-1-3-10(14(20)21)12(5-7)18-13(19)9-4-2-8(17)6-11(9)16/h1-6H,17H2,(H,18,19)(H,20,21). The minimum atomic E-state index is -1.20. The van der Waals surface area contributed by atoms with E-state index in [1.807, 2.05) is 0 Å². The van der Waals surface area contributed by atoms with Crippen LogP contribution in [0.2, 0.25) is 0 Å². The van der Waals surface area contributed by atoms with Crippen molar-refractivity contribution in [2.75, 3.05) is 11.1 Å². The fourth-order valence-corrected chi connectivity index (χ4v) is 2.07. The molecule has 0 radical (unpaired) electrons. The van der Waals surface area contributed by atoms with Gasteiger partial charge in [-0.15, -0.1) is 0 Å². The smallest absolute Gasteiger partial charge is 0.337 e. The molecule has 0 aromatic heterocycles. The zero-order valence-electron chi connectivity index (χ0n) is 10.6. The first kappa shape index (κ1) is 15.0. The molecule has 0 fully saturated rings. The summed E-state index contributed by atoms with van der Waals surface area (Å²) in [7, 11) is 0.